The number of benzene rings is 7. The first-order chi connectivity index (χ1) is 45.1. The van der Waals surface area contributed by atoms with Gasteiger partial charge in [-0.2, -0.15) is 0 Å². The fraction of sp³-hybridized carbons (Fsp3) is 0.222. The van der Waals surface area contributed by atoms with Gasteiger partial charge in [0.2, 0.25) is 12.1 Å². The second-order valence-electron chi connectivity index (χ2n) is 12.4. The molecule has 0 atom stereocenters. The van der Waals surface area contributed by atoms with E-state index in [0.29, 0.717) is 16.8 Å². The van der Waals surface area contributed by atoms with Crippen LogP contribution in [0.2, 0.25) is 0 Å². The molecule has 35 heteroatoms. The van der Waals surface area contributed by atoms with Crippen LogP contribution in [0.3, 0.4) is 0 Å². The summed E-state index contributed by atoms with van der Waals surface area (Å²) >= 11 is 46.8. The number of nitrogens with one attached hydrogen (secondary N) is 1. The molecule has 8 rings (SSSR count). The number of carboxylic acid groups (broad SMARTS) is 1. The number of anilines is 4. The van der Waals surface area contributed by atoms with Gasteiger partial charge in [0.25, 0.3) is 6.47 Å². The number of rotatable bonds is 4. The molecule has 0 aliphatic heterocycles. The molecular weight excluding hydrogens is 2250 g/mol. The quantitative estimate of drug-likeness (QED) is 0.00948. The van der Waals surface area contributed by atoms with E-state index in [0.717, 1.165) is 61.0 Å². The summed E-state index contributed by atoms with van der Waals surface area (Å²) in [6.45, 7) is 34.4. The number of nitrogen functional groups attached to an aromatic ring is 3. The number of carbonyl (C=O) groups excluding carboxylic acids is 1. The van der Waals surface area contributed by atoms with Crippen molar-refractivity contribution in [1.29, 1.82) is 0 Å². The number of nitrogens with zero attached hydrogens (tertiary/aromatic N) is 5. The number of amidine groups is 1. The molecule has 98 heavy (non-hydrogen) atoms. The molecule has 5 radical (unpaired) electrons. The summed E-state index contributed by atoms with van der Waals surface area (Å²) in [5, 5.41) is 6.22. The first-order valence-corrected chi connectivity index (χ1v) is 44.2. The van der Waals surface area contributed by atoms with Crippen molar-refractivity contribution in [2.45, 2.75) is 96.9 Å². The van der Waals surface area contributed by atoms with Crippen molar-refractivity contribution in [3.05, 3.63) is 215 Å². The van der Waals surface area contributed by atoms with E-state index < -0.39 is 5.20 Å². The first kappa shape index (κ1) is 133. The predicted molar refractivity (Wildman–Crippen MR) is 473 cm³/mol. The van der Waals surface area contributed by atoms with Crippen molar-refractivity contribution in [2.75, 3.05) is 22.5 Å². The molecule has 0 saturated carbocycles. The van der Waals surface area contributed by atoms with Crippen LogP contribution in [-0.4, -0.2) is 109 Å². The molecule has 7 aromatic carbocycles. The van der Waals surface area contributed by atoms with Gasteiger partial charge in [0, 0.05) is 60.4 Å². The Balaban J connectivity index is -0.0000000590. The Kier molecular flexibility index (Phi) is 149. The Hall–Kier alpha value is -0.633. The summed E-state index contributed by atoms with van der Waals surface area (Å²) < 4.78 is 22.0. The van der Waals surface area contributed by atoms with Gasteiger partial charge < -0.3 is 56.1 Å². The minimum atomic E-state index is -3.22. The predicted octanol–water partition coefficient (Wildman–Crippen LogP) is 23.8. The maximum absolute atomic E-state index is 9.99. The SMILES string of the molecule is CC.CC.CC.CC.CC.CC.CC.N.NC([Se])=Nc1ccccc1Br.Nc1ccccc1.Nc1ccccc1Br.Nc1nc2ccccc2[se]1.O.O=CNc1ccccc1Br.O=CO.O=P(Cl)(Cl)Cl.[B]=NS.[C-]#[N+]c1ccccc1Br.[CH2-]I.[Cu][I].[Se].[Se]=C=Nc1ccccc1Br.[V]. The van der Waals surface area contributed by atoms with Crippen LogP contribution >= 0.6 is 174 Å². The van der Waals surface area contributed by atoms with Crippen molar-refractivity contribution in [1.82, 2.24) is 11.1 Å². The van der Waals surface area contributed by atoms with Gasteiger partial charge in [-0.1, -0.05) is 180 Å². The maximum Gasteiger partial charge on any atom is 0 e. The number of thiol groups is 1. The molecule has 0 unspecified atom stereocenters. The molecule has 0 saturated heterocycles. The Morgan fingerprint density at radius 2 is 1.00 bits per heavy atom. The Morgan fingerprint density at radius 1 is 0.673 bits per heavy atom. The minimum Gasteiger partial charge on any atom is 0 e. The molecule has 8 aromatic rings. The Labute approximate surface area is 727 Å². The number of para-hydroxylation sites is 7. The molecule has 0 fully saturated rings. The first-order valence-electron chi connectivity index (χ1n) is 27.4. The second-order valence-corrected chi connectivity index (χ2v) is 27.1. The van der Waals surface area contributed by atoms with Crippen LogP contribution in [0.1, 0.15) is 96.9 Å². The summed E-state index contributed by atoms with van der Waals surface area (Å²) in [6.07, 6.45) is 0.653. The molecule has 1 amide bonds. The van der Waals surface area contributed by atoms with E-state index >= 15 is 0 Å². The molecule has 16 nitrogen and oxygen atoms in total. The molecule has 0 spiro atoms. The summed E-state index contributed by atoms with van der Waals surface area (Å²) in [5.74, 6) is 0. The zero-order valence-corrected chi connectivity index (χ0v) is 82.2. The number of carbonyl (C=O) groups is 2. The van der Waals surface area contributed by atoms with E-state index in [-0.39, 0.29) is 68.2 Å². The van der Waals surface area contributed by atoms with Crippen LogP contribution in [0, 0.1) is 11.5 Å². The molecule has 553 valence electrons. The smallest absolute Gasteiger partial charge is 0 e. The van der Waals surface area contributed by atoms with Crippen LogP contribution in [0.5, 0.6) is 0 Å². The number of halogens is 10. The summed E-state index contributed by atoms with van der Waals surface area (Å²) in [6, 6.07) is 55.3. The summed E-state index contributed by atoms with van der Waals surface area (Å²) in [7, 11) is 4.34. The number of fused-ring (bicyclic) bond motifs is 1. The van der Waals surface area contributed by atoms with E-state index in [2.05, 4.69) is 223 Å². The Morgan fingerprint density at radius 3 is 1.30 bits per heavy atom. The van der Waals surface area contributed by atoms with Gasteiger partial charge in [-0.05, 0) is 102 Å². The normalized spacial score (nSPS) is 7.67. The second kappa shape index (κ2) is 110. The van der Waals surface area contributed by atoms with Crippen molar-refractivity contribution in [3.63, 3.8) is 0 Å². The monoisotopic (exact) mass is 2340 g/mol. The number of aromatic nitrogens is 1. The molecular formula is C63H91BBr5Cl3CuI2N11O5PSSe4V-. The maximum atomic E-state index is 9.99. The molecule has 0 aliphatic carbocycles. The average Bonchev–Trinajstić information content (AvgIpc) is 1.72. The third-order valence-electron chi connectivity index (χ3n) is 7.18. The number of hydrogen-bond donors (Lipinski definition) is 8. The van der Waals surface area contributed by atoms with Gasteiger partial charge in [0.15, 0.2) is 0 Å². The van der Waals surface area contributed by atoms with Gasteiger partial charge in [0.05, 0.1) is 12.3 Å². The third-order valence-corrected chi connectivity index (χ3v) is 12.8. The van der Waals surface area contributed by atoms with Crippen LogP contribution < -0.4 is 34.4 Å². The van der Waals surface area contributed by atoms with Crippen molar-refractivity contribution < 1.29 is 56.1 Å². The fourth-order valence-corrected chi connectivity index (χ4v) is 8.01. The Bertz CT molecular complexity index is 3100. The van der Waals surface area contributed by atoms with E-state index in [1.807, 2.05) is 283 Å². The largest absolute Gasteiger partial charge is 0 e. The van der Waals surface area contributed by atoms with Crippen LogP contribution in [0.25, 0.3) is 14.6 Å². The zero-order chi connectivity index (χ0) is 75.7. The molecule has 1 heterocycles. The van der Waals surface area contributed by atoms with Crippen molar-refractivity contribution >= 4 is 316 Å². The molecule has 0 bridgehead atoms. The molecule has 0 aliphatic rings. The van der Waals surface area contributed by atoms with E-state index in [4.69, 9.17) is 39.4 Å². The van der Waals surface area contributed by atoms with Gasteiger partial charge in [-0.25, -0.2) is 4.85 Å². The third kappa shape index (κ3) is 97.4. The van der Waals surface area contributed by atoms with Crippen LogP contribution in [0.15, 0.2) is 213 Å². The number of aliphatic imine (C=N–C) groups is 2. The minimum absolute atomic E-state index is 0. The van der Waals surface area contributed by atoms with E-state index in [1.165, 1.54) is 4.26 Å². The van der Waals surface area contributed by atoms with Crippen molar-refractivity contribution in [2.24, 2.45) is 20.0 Å². The topological polar surface area (TPSA) is 308 Å². The van der Waals surface area contributed by atoms with E-state index in [1.54, 1.807) is 26.4 Å². The number of nitrogens with two attached hydrogens (primary N) is 4. The van der Waals surface area contributed by atoms with Gasteiger partial charge in [-0.15, -0.1) is 0 Å². The number of amides is 1. The average molecular weight is 2350 g/mol. The standard InChI is InChI=1S/C7H6BrN2Se.C7H6BrNO.C7H4BrNSe.C7H4BrN.C7H6N2Se.C6H6BrN.C6H7N.7C2H6.CH2I.CH2O2.BHNS.Cl3OP.Cu.HI.H3N.H2O.Se.V/c8-5-3-1-2-4-6(5)10-7(9)11;2*8-6-3-1-2-4-7(6)9-5-10;1-9-7-5-3-2-4-6(7)8;8-7-9-5-3-1-2-4-6(5)10-7;7-5-3-1-2-4-6(5)8;7-6-4-2-1-3-5-6;8*1-2;2-1-3;1-2-3;1-5(2,3)4;;;;;;/h1-4H,(H2,9,10);1-5H,(H,9,10);1-4H;2-5H;1-4H,(H2,8,9);1-4H,8H2;1-5H,7H2;7*1-2H3;1H2;1H,(H,2,3);3H;;;1H;1H3;1H2;;/q;;;;;;;;;;;;;;-1;;;;+1;;;;;/p-1. The summed E-state index contributed by atoms with van der Waals surface area (Å²) in [5.41, 5.74) is 27.6. The molecule has 1 aromatic heterocycles. The van der Waals surface area contributed by atoms with Crippen LogP contribution in [0.4, 0.5) is 38.8 Å². The van der Waals surface area contributed by atoms with Crippen molar-refractivity contribution in [3.8, 4) is 0 Å². The van der Waals surface area contributed by atoms with E-state index in [9.17, 15) is 9.36 Å². The summed E-state index contributed by atoms with van der Waals surface area (Å²) in [4.78, 5) is 37.0. The zero-order valence-electron chi connectivity index (χ0n) is 56.7. The number of hydrogen-bond acceptors (Lipinski definition) is 12. The van der Waals surface area contributed by atoms with Gasteiger partial charge in [-0.3, -0.25) is 19.1 Å². The van der Waals surface area contributed by atoms with Gasteiger partial charge in [0.1, 0.15) is 0 Å². The fourth-order valence-electron chi connectivity index (χ4n) is 4.26. The molecule has 15 N–H and O–H groups in total. The van der Waals surface area contributed by atoms with Crippen LogP contribution in [-0.2, 0) is 45.5 Å². The van der Waals surface area contributed by atoms with Gasteiger partial charge >= 0.3 is 284 Å².